The van der Waals surface area contributed by atoms with Gasteiger partial charge in [-0.05, 0) is 42.8 Å². The molecule has 1 aromatic heterocycles. The first-order valence-corrected chi connectivity index (χ1v) is 7.61. The van der Waals surface area contributed by atoms with Gasteiger partial charge in [0.1, 0.15) is 0 Å². The summed E-state index contributed by atoms with van der Waals surface area (Å²) in [7, 11) is 0. The van der Waals surface area contributed by atoms with Gasteiger partial charge in [0.2, 0.25) is 5.91 Å². The molecule has 0 bridgehead atoms. The number of fused-ring (bicyclic) bond motifs is 1. The zero-order chi connectivity index (χ0) is 16.4. The summed E-state index contributed by atoms with van der Waals surface area (Å²) in [6.07, 6.45) is 1.57. The van der Waals surface area contributed by atoms with E-state index in [1.165, 1.54) is 0 Å². The maximum atomic E-state index is 12.5. The number of amides is 1. The number of carbonyl (C=O) groups is 1. The van der Waals surface area contributed by atoms with Crippen molar-refractivity contribution < 1.29 is 4.79 Å². The van der Waals surface area contributed by atoms with E-state index in [2.05, 4.69) is 10.3 Å². The Labute approximate surface area is 138 Å². The largest absolute Gasteiger partial charge is 0.329 e. The van der Waals surface area contributed by atoms with Crippen LogP contribution >= 0.6 is 11.6 Å². The highest BCUT2D eigenvalue weighted by Crippen LogP contribution is 2.24. The molecule has 3 rings (SSSR count). The first-order valence-electron chi connectivity index (χ1n) is 7.23. The number of hydrogen-bond donors (Lipinski definition) is 2. The molecule has 0 saturated heterocycles. The number of aromatic amines is 1. The van der Waals surface area contributed by atoms with E-state index in [1.807, 2.05) is 19.1 Å². The van der Waals surface area contributed by atoms with Crippen LogP contribution < -0.4 is 10.9 Å². The van der Waals surface area contributed by atoms with Gasteiger partial charge in [-0.25, -0.2) is 0 Å². The predicted octanol–water partition coefficient (Wildman–Crippen LogP) is 3.92. The molecule has 1 heterocycles. The highest BCUT2D eigenvalue weighted by Gasteiger charge is 2.16. The Kier molecular flexibility index (Phi) is 4.17. The van der Waals surface area contributed by atoms with Gasteiger partial charge in [0.15, 0.2) is 0 Å². The summed E-state index contributed by atoms with van der Waals surface area (Å²) in [4.78, 5) is 26.9. The van der Waals surface area contributed by atoms with Gasteiger partial charge in [-0.1, -0.05) is 29.8 Å². The Balaban J connectivity index is 1.90. The van der Waals surface area contributed by atoms with Crippen LogP contribution in [-0.2, 0) is 4.79 Å². The van der Waals surface area contributed by atoms with Crippen molar-refractivity contribution in [3.63, 3.8) is 0 Å². The molecule has 0 radical (unpaired) electrons. The first kappa shape index (κ1) is 15.3. The Morgan fingerprint density at radius 2 is 1.83 bits per heavy atom. The van der Waals surface area contributed by atoms with Crippen LogP contribution in [0.3, 0.4) is 0 Å². The maximum Gasteiger partial charge on any atom is 0.255 e. The van der Waals surface area contributed by atoms with Crippen molar-refractivity contribution in [2.75, 3.05) is 5.32 Å². The first-order chi connectivity index (χ1) is 11.1. The van der Waals surface area contributed by atoms with Crippen LogP contribution in [0.15, 0.2) is 59.5 Å². The molecule has 0 unspecified atom stereocenters. The molecule has 0 aliphatic carbocycles. The van der Waals surface area contributed by atoms with E-state index in [1.54, 1.807) is 42.6 Å². The lowest BCUT2D eigenvalue weighted by atomic mass is 10.00. The molecule has 2 N–H and O–H groups in total. The smallest absolute Gasteiger partial charge is 0.255 e. The number of carbonyl (C=O) groups excluding carboxylic acids is 1. The van der Waals surface area contributed by atoms with Gasteiger partial charge in [-0.3, -0.25) is 9.59 Å². The minimum atomic E-state index is -0.329. The Morgan fingerprint density at radius 3 is 2.57 bits per heavy atom. The quantitative estimate of drug-likeness (QED) is 0.766. The Bertz CT molecular complexity index is 916. The van der Waals surface area contributed by atoms with Crippen molar-refractivity contribution in [2.45, 2.75) is 12.8 Å². The fourth-order valence-corrected chi connectivity index (χ4v) is 2.60. The monoisotopic (exact) mass is 326 g/mol. The molecule has 0 aliphatic rings. The van der Waals surface area contributed by atoms with Crippen LogP contribution in [0.4, 0.5) is 5.69 Å². The number of pyridine rings is 1. The van der Waals surface area contributed by atoms with Crippen molar-refractivity contribution in [1.82, 2.24) is 4.98 Å². The summed E-state index contributed by atoms with van der Waals surface area (Å²) in [6, 6.07) is 14.2. The summed E-state index contributed by atoms with van der Waals surface area (Å²) >= 11 is 5.87. The molecule has 2 aromatic carbocycles. The fraction of sp³-hybridized carbons (Fsp3) is 0.111. The van der Waals surface area contributed by atoms with Crippen LogP contribution in [-0.4, -0.2) is 10.9 Å². The Hall–Kier alpha value is -2.59. The van der Waals surface area contributed by atoms with Gasteiger partial charge in [-0.2, -0.15) is 0 Å². The summed E-state index contributed by atoms with van der Waals surface area (Å²) in [6.45, 7) is 1.83. The van der Waals surface area contributed by atoms with Gasteiger partial charge in [0.05, 0.1) is 5.92 Å². The second kappa shape index (κ2) is 6.26. The zero-order valence-corrected chi connectivity index (χ0v) is 13.2. The van der Waals surface area contributed by atoms with E-state index in [0.29, 0.717) is 21.5 Å². The van der Waals surface area contributed by atoms with Crippen LogP contribution in [0.5, 0.6) is 0 Å². The number of rotatable bonds is 3. The Morgan fingerprint density at radius 1 is 1.09 bits per heavy atom. The fourth-order valence-electron chi connectivity index (χ4n) is 2.47. The molecule has 1 amide bonds. The van der Waals surface area contributed by atoms with E-state index in [4.69, 9.17) is 11.6 Å². The minimum absolute atomic E-state index is 0.139. The lowest BCUT2D eigenvalue weighted by Crippen LogP contribution is -2.19. The SMILES string of the molecule is C[C@@H](C(=O)Nc1cccc2c(=O)[nH]ccc12)c1ccc(Cl)cc1. The zero-order valence-electron chi connectivity index (χ0n) is 12.5. The van der Waals surface area contributed by atoms with Crippen LogP contribution in [0, 0.1) is 0 Å². The van der Waals surface area contributed by atoms with Gasteiger partial charge >= 0.3 is 0 Å². The molecule has 5 heteroatoms. The third-order valence-electron chi connectivity index (χ3n) is 3.84. The van der Waals surface area contributed by atoms with Gasteiger partial charge in [0.25, 0.3) is 5.56 Å². The number of nitrogens with one attached hydrogen (secondary N) is 2. The minimum Gasteiger partial charge on any atom is -0.329 e. The third-order valence-corrected chi connectivity index (χ3v) is 4.09. The molecular formula is C18H15ClN2O2. The topological polar surface area (TPSA) is 62.0 Å². The van der Waals surface area contributed by atoms with E-state index in [0.717, 1.165) is 5.56 Å². The van der Waals surface area contributed by atoms with Crippen LogP contribution in [0.2, 0.25) is 5.02 Å². The molecule has 4 nitrogen and oxygen atoms in total. The third kappa shape index (κ3) is 3.12. The molecule has 1 atom stereocenters. The second-order valence-electron chi connectivity index (χ2n) is 5.34. The number of H-pyrrole nitrogens is 1. The number of hydrogen-bond acceptors (Lipinski definition) is 2. The second-order valence-corrected chi connectivity index (χ2v) is 5.77. The summed E-state index contributed by atoms with van der Waals surface area (Å²) < 4.78 is 0. The number of aromatic nitrogens is 1. The molecule has 116 valence electrons. The average Bonchev–Trinajstić information content (AvgIpc) is 2.56. The van der Waals surface area contributed by atoms with Gasteiger partial charge in [0, 0.05) is 27.7 Å². The van der Waals surface area contributed by atoms with Crippen LogP contribution in [0.1, 0.15) is 18.4 Å². The molecule has 0 saturated carbocycles. The van der Waals surface area contributed by atoms with E-state index >= 15 is 0 Å². The summed E-state index contributed by atoms with van der Waals surface area (Å²) in [5.74, 6) is -0.468. The standard InChI is InChI=1S/C18H15ClN2O2/c1-11(12-5-7-13(19)8-6-12)17(22)21-16-4-2-3-15-14(16)9-10-20-18(15)23/h2-11H,1H3,(H,20,23)(H,21,22)/t11-/m1/s1. The molecular weight excluding hydrogens is 312 g/mol. The molecule has 0 spiro atoms. The maximum absolute atomic E-state index is 12.5. The predicted molar refractivity (Wildman–Crippen MR) is 93.1 cm³/mol. The van der Waals surface area contributed by atoms with Crippen molar-refractivity contribution in [1.29, 1.82) is 0 Å². The van der Waals surface area contributed by atoms with E-state index in [-0.39, 0.29) is 17.4 Å². The molecule has 0 aliphatic heterocycles. The van der Waals surface area contributed by atoms with Crippen molar-refractivity contribution >= 4 is 34.0 Å². The molecule has 23 heavy (non-hydrogen) atoms. The number of anilines is 1. The lowest BCUT2D eigenvalue weighted by molar-refractivity contribution is -0.117. The van der Waals surface area contributed by atoms with E-state index in [9.17, 15) is 9.59 Å². The summed E-state index contributed by atoms with van der Waals surface area (Å²) in [5.41, 5.74) is 1.33. The highest BCUT2D eigenvalue weighted by molar-refractivity contribution is 6.30. The number of benzene rings is 2. The normalized spacial score (nSPS) is 12.1. The molecule has 0 fully saturated rings. The molecule has 3 aromatic rings. The summed E-state index contributed by atoms with van der Waals surface area (Å²) in [5, 5.41) is 4.80. The lowest BCUT2D eigenvalue weighted by Gasteiger charge is -2.14. The van der Waals surface area contributed by atoms with Crippen molar-refractivity contribution in [3.8, 4) is 0 Å². The van der Waals surface area contributed by atoms with Crippen molar-refractivity contribution in [3.05, 3.63) is 75.7 Å². The van der Waals surface area contributed by atoms with Crippen molar-refractivity contribution in [2.24, 2.45) is 0 Å². The highest BCUT2D eigenvalue weighted by atomic mass is 35.5. The van der Waals surface area contributed by atoms with Gasteiger partial charge in [-0.15, -0.1) is 0 Å². The average molecular weight is 327 g/mol. The van der Waals surface area contributed by atoms with E-state index < -0.39 is 0 Å². The van der Waals surface area contributed by atoms with Gasteiger partial charge < -0.3 is 10.3 Å². The number of halogens is 1. The van der Waals surface area contributed by atoms with Crippen LogP contribution in [0.25, 0.3) is 10.8 Å².